The molecule has 0 atom stereocenters. The molecule has 0 aromatic heterocycles. The minimum absolute atomic E-state index is 0. The molecule has 150 valence electrons. The Morgan fingerprint density at radius 1 is 1.04 bits per heavy atom. The normalized spacial score (nSPS) is 11.8. The number of ether oxygens (including phenoxy) is 2. The molecular formula is C23H28ClNO3. The van der Waals surface area contributed by atoms with Crippen molar-refractivity contribution >= 4 is 23.9 Å². The molecule has 0 N–H and O–H groups in total. The zero-order valence-electron chi connectivity index (χ0n) is 16.5. The molecule has 0 aliphatic carbocycles. The van der Waals surface area contributed by atoms with Gasteiger partial charge >= 0.3 is 5.97 Å². The third-order valence-corrected chi connectivity index (χ3v) is 4.66. The molecule has 0 unspecified atom stereocenters. The van der Waals surface area contributed by atoms with Crippen molar-refractivity contribution in [2.24, 2.45) is 0 Å². The monoisotopic (exact) mass is 401 g/mol. The van der Waals surface area contributed by atoms with E-state index in [0.717, 1.165) is 48.6 Å². The van der Waals surface area contributed by atoms with Crippen LogP contribution in [0, 0.1) is 0 Å². The highest BCUT2D eigenvalue weighted by Gasteiger charge is 2.20. The summed E-state index contributed by atoms with van der Waals surface area (Å²) in [5.74, 6) is 1.71. The highest BCUT2D eigenvalue weighted by atomic mass is 35.5. The van der Waals surface area contributed by atoms with Crippen molar-refractivity contribution < 1.29 is 14.3 Å². The van der Waals surface area contributed by atoms with Gasteiger partial charge in [0, 0.05) is 24.1 Å². The number of benzene rings is 2. The van der Waals surface area contributed by atoms with Gasteiger partial charge in [0.1, 0.15) is 11.5 Å². The quantitative estimate of drug-likeness (QED) is 0.479. The lowest BCUT2D eigenvalue weighted by molar-refractivity contribution is -0.143. The van der Waals surface area contributed by atoms with Crippen LogP contribution in [0.3, 0.4) is 0 Å². The Morgan fingerprint density at radius 2 is 1.64 bits per heavy atom. The predicted molar refractivity (Wildman–Crippen MR) is 115 cm³/mol. The number of rotatable bonds is 8. The van der Waals surface area contributed by atoms with E-state index in [4.69, 9.17) is 9.47 Å². The fourth-order valence-corrected chi connectivity index (χ4v) is 3.31. The van der Waals surface area contributed by atoms with Crippen molar-refractivity contribution in [3.8, 4) is 11.5 Å². The lowest BCUT2D eigenvalue weighted by Gasteiger charge is -2.23. The number of halogens is 1. The Morgan fingerprint density at radius 3 is 2.25 bits per heavy atom. The van der Waals surface area contributed by atoms with Gasteiger partial charge in [0.25, 0.3) is 0 Å². The molecule has 5 heteroatoms. The van der Waals surface area contributed by atoms with Gasteiger partial charge in [-0.25, -0.2) is 0 Å². The van der Waals surface area contributed by atoms with E-state index in [1.165, 1.54) is 5.57 Å². The zero-order valence-corrected chi connectivity index (χ0v) is 17.3. The largest absolute Gasteiger partial charge is 0.466 e. The molecule has 0 bridgehead atoms. The molecule has 0 fully saturated rings. The minimum atomic E-state index is -0.108. The molecule has 3 rings (SSSR count). The minimum Gasteiger partial charge on any atom is -0.466 e. The van der Waals surface area contributed by atoms with Crippen LogP contribution >= 0.6 is 12.4 Å². The van der Waals surface area contributed by atoms with Crippen LogP contribution in [0.25, 0.3) is 5.57 Å². The molecular weight excluding hydrogens is 374 g/mol. The topological polar surface area (TPSA) is 38.8 Å². The first kappa shape index (κ1) is 22.0. The molecule has 0 saturated carbocycles. The van der Waals surface area contributed by atoms with Gasteiger partial charge in [-0.1, -0.05) is 42.5 Å². The van der Waals surface area contributed by atoms with Crippen LogP contribution in [0.1, 0.15) is 37.3 Å². The maximum absolute atomic E-state index is 11.4. The summed E-state index contributed by atoms with van der Waals surface area (Å²) in [6.45, 7) is 4.12. The van der Waals surface area contributed by atoms with E-state index in [-0.39, 0.29) is 18.4 Å². The van der Waals surface area contributed by atoms with Gasteiger partial charge in [-0.3, -0.25) is 4.79 Å². The Labute approximate surface area is 173 Å². The van der Waals surface area contributed by atoms with E-state index in [1.807, 2.05) is 43.3 Å². The Hall–Kier alpha value is -2.30. The van der Waals surface area contributed by atoms with E-state index in [9.17, 15) is 4.79 Å². The van der Waals surface area contributed by atoms with Gasteiger partial charge < -0.3 is 14.4 Å². The second-order valence-electron chi connectivity index (χ2n) is 6.71. The van der Waals surface area contributed by atoms with Crippen LogP contribution in [0.15, 0.2) is 54.6 Å². The lowest BCUT2D eigenvalue weighted by Crippen LogP contribution is -2.21. The number of fused-ring (bicyclic) bond motifs is 2. The summed E-state index contributed by atoms with van der Waals surface area (Å²) >= 11 is 0. The maximum Gasteiger partial charge on any atom is 0.305 e. The van der Waals surface area contributed by atoms with E-state index >= 15 is 0 Å². The first-order chi connectivity index (χ1) is 13.2. The van der Waals surface area contributed by atoms with Gasteiger partial charge in [-0.05, 0) is 51.1 Å². The van der Waals surface area contributed by atoms with Crippen LogP contribution < -0.4 is 4.74 Å². The van der Waals surface area contributed by atoms with Gasteiger partial charge in [-0.15, -0.1) is 12.4 Å². The standard InChI is InChI=1S/C23H27NO3.ClH/c1-3-26-23(25)15-9-17-24(2)16-8-12-18-19-10-4-6-13-21(19)27-22-14-7-5-11-20(18)22;/h4-7,10-14H,3,8-9,15-17H2,1-2H3;1H. The second kappa shape index (κ2) is 10.9. The third kappa shape index (κ3) is 5.60. The lowest BCUT2D eigenvalue weighted by atomic mass is 9.93. The molecule has 2 aromatic rings. The molecule has 0 amide bonds. The van der Waals surface area contributed by atoms with Crippen LogP contribution in [-0.4, -0.2) is 37.6 Å². The van der Waals surface area contributed by atoms with Gasteiger partial charge in [-0.2, -0.15) is 0 Å². The fraction of sp³-hybridized carbons (Fsp3) is 0.348. The number of hydrogen-bond acceptors (Lipinski definition) is 4. The summed E-state index contributed by atoms with van der Waals surface area (Å²) in [4.78, 5) is 13.7. The highest BCUT2D eigenvalue weighted by Crippen LogP contribution is 2.43. The number of esters is 1. The summed E-state index contributed by atoms with van der Waals surface area (Å²) in [5, 5.41) is 0. The average Bonchev–Trinajstić information content (AvgIpc) is 2.67. The molecule has 1 aliphatic heterocycles. The Kier molecular flexibility index (Phi) is 8.55. The fourth-order valence-electron chi connectivity index (χ4n) is 3.31. The van der Waals surface area contributed by atoms with Gasteiger partial charge in [0.05, 0.1) is 6.61 Å². The SMILES string of the molecule is CCOC(=O)CCCN(C)CCC=C1c2ccccc2Oc2ccccc21.Cl. The van der Waals surface area contributed by atoms with Crippen LogP contribution in [0.5, 0.6) is 11.5 Å². The first-order valence-electron chi connectivity index (χ1n) is 9.60. The zero-order chi connectivity index (χ0) is 19.1. The summed E-state index contributed by atoms with van der Waals surface area (Å²) in [5.41, 5.74) is 3.51. The molecule has 28 heavy (non-hydrogen) atoms. The first-order valence-corrected chi connectivity index (χ1v) is 9.60. The average molecular weight is 402 g/mol. The number of carbonyl (C=O) groups excluding carboxylic acids is 1. The van der Waals surface area contributed by atoms with Crippen molar-refractivity contribution in [1.29, 1.82) is 0 Å². The highest BCUT2D eigenvalue weighted by molar-refractivity contribution is 5.87. The van der Waals surface area contributed by atoms with Crippen molar-refractivity contribution in [1.82, 2.24) is 4.90 Å². The maximum atomic E-state index is 11.4. The van der Waals surface area contributed by atoms with Crippen molar-refractivity contribution in [2.45, 2.75) is 26.2 Å². The Bertz CT molecular complexity index is 771. The number of nitrogens with zero attached hydrogens (tertiary/aromatic N) is 1. The van der Waals surface area contributed by atoms with E-state index in [0.29, 0.717) is 13.0 Å². The van der Waals surface area contributed by atoms with Gasteiger partial charge in [0.2, 0.25) is 0 Å². The molecule has 0 spiro atoms. The molecule has 0 saturated heterocycles. The van der Waals surface area contributed by atoms with Crippen molar-refractivity contribution in [2.75, 3.05) is 26.7 Å². The number of hydrogen-bond donors (Lipinski definition) is 0. The molecule has 4 nitrogen and oxygen atoms in total. The Balaban J connectivity index is 0.00000280. The molecule has 0 radical (unpaired) electrons. The van der Waals surface area contributed by atoms with E-state index in [2.05, 4.69) is 30.2 Å². The smallest absolute Gasteiger partial charge is 0.305 e. The summed E-state index contributed by atoms with van der Waals surface area (Å²) in [6, 6.07) is 16.3. The van der Waals surface area contributed by atoms with Crippen LogP contribution in [0.2, 0.25) is 0 Å². The predicted octanol–water partition coefficient (Wildman–Crippen LogP) is 5.31. The summed E-state index contributed by atoms with van der Waals surface area (Å²) in [7, 11) is 2.09. The third-order valence-electron chi connectivity index (χ3n) is 4.66. The summed E-state index contributed by atoms with van der Waals surface area (Å²) < 4.78 is 11.0. The van der Waals surface area contributed by atoms with Crippen LogP contribution in [0.4, 0.5) is 0 Å². The molecule has 1 heterocycles. The molecule has 1 aliphatic rings. The van der Waals surface area contributed by atoms with Gasteiger partial charge in [0.15, 0.2) is 0 Å². The van der Waals surface area contributed by atoms with E-state index in [1.54, 1.807) is 0 Å². The molecule has 2 aromatic carbocycles. The van der Waals surface area contributed by atoms with Crippen molar-refractivity contribution in [3.63, 3.8) is 0 Å². The van der Waals surface area contributed by atoms with E-state index < -0.39 is 0 Å². The van der Waals surface area contributed by atoms with Crippen LogP contribution in [-0.2, 0) is 9.53 Å². The second-order valence-corrected chi connectivity index (χ2v) is 6.71. The number of para-hydroxylation sites is 2. The number of carbonyl (C=O) groups is 1. The van der Waals surface area contributed by atoms with Crippen molar-refractivity contribution in [3.05, 3.63) is 65.7 Å². The summed E-state index contributed by atoms with van der Waals surface area (Å²) in [6.07, 6.45) is 4.54.